The number of nitrogens with one attached hydrogen (secondary N) is 1. The number of carbonyl (C=O) groups is 3. The van der Waals surface area contributed by atoms with Crippen LogP contribution in [0.1, 0.15) is 53.0 Å². The molecule has 1 unspecified atom stereocenters. The summed E-state index contributed by atoms with van der Waals surface area (Å²) in [7, 11) is 0. The van der Waals surface area contributed by atoms with E-state index in [1.807, 2.05) is 20.8 Å². The molecule has 1 aromatic carbocycles. The first kappa shape index (κ1) is 20.9. The van der Waals surface area contributed by atoms with Gasteiger partial charge in [-0.2, -0.15) is 0 Å². The third-order valence-corrected chi connectivity index (χ3v) is 5.13. The van der Waals surface area contributed by atoms with Crippen LogP contribution in [0.25, 0.3) is 0 Å². The van der Waals surface area contributed by atoms with Gasteiger partial charge in [-0.3, -0.25) is 14.4 Å². The third-order valence-electron chi connectivity index (χ3n) is 5.13. The quantitative estimate of drug-likeness (QED) is 0.847. The molecule has 2 amide bonds. The Labute approximate surface area is 160 Å². The summed E-state index contributed by atoms with van der Waals surface area (Å²) in [5, 5.41) is 12.2. The molecule has 148 valence electrons. The number of rotatable bonds is 4. The Kier molecular flexibility index (Phi) is 5.97. The highest BCUT2D eigenvalue weighted by molar-refractivity contribution is 5.93. The number of anilines is 1. The number of likely N-dealkylation sites (tertiary alicyclic amines) is 1. The van der Waals surface area contributed by atoms with Gasteiger partial charge in [0.2, 0.25) is 11.8 Å². The van der Waals surface area contributed by atoms with Crippen LogP contribution in [0.2, 0.25) is 0 Å². The summed E-state index contributed by atoms with van der Waals surface area (Å²) < 4.78 is 0. The largest absolute Gasteiger partial charge is 0.481 e. The van der Waals surface area contributed by atoms with Crippen LogP contribution in [0.4, 0.5) is 5.69 Å². The van der Waals surface area contributed by atoms with Crippen LogP contribution in [0.5, 0.6) is 0 Å². The first-order valence-corrected chi connectivity index (χ1v) is 9.37. The average molecular weight is 374 g/mol. The van der Waals surface area contributed by atoms with Gasteiger partial charge in [0.25, 0.3) is 0 Å². The molecule has 0 spiro atoms. The first-order valence-electron chi connectivity index (χ1n) is 9.37. The molecular weight excluding hydrogens is 344 g/mol. The Bertz CT molecular complexity index is 717. The molecule has 1 aromatic rings. The minimum atomic E-state index is -0.986. The summed E-state index contributed by atoms with van der Waals surface area (Å²) in [4.78, 5) is 38.2. The lowest BCUT2D eigenvalue weighted by Crippen LogP contribution is -2.47. The van der Waals surface area contributed by atoms with Crippen molar-refractivity contribution in [2.24, 2.45) is 11.3 Å². The van der Waals surface area contributed by atoms with Gasteiger partial charge in [-0.15, -0.1) is 0 Å². The summed E-state index contributed by atoms with van der Waals surface area (Å²) in [5.74, 6) is -1.17. The highest BCUT2D eigenvalue weighted by Crippen LogP contribution is 2.26. The maximum Gasteiger partial charge on any atom is 0.313 e. The second-order valence-electron chi connectivity index (χ2n) is 8.84. The van der Waals surface area contributed by atoms with Crippen LogP contribution in [0.3, 0.4) is 0 Å². The Morgan fingerprint density at radius 3 is 2.19 bits per heavy atom. The topological polar surface area (TPSA) is 86.7 Å². The fourth-order valence-electron chi connectivity index (χ4n) is 3.19. The van der Waals surface area contributed by atoms with Crippen LogP contribution in [0.15, 0.2) is 24.3 Å². The predicted molar refractivity (Wildman–Crippen MR) is 104 cm³/mol. The molecule has 1 atom stereocenters. The lowest BCUT2D eigenvalue weighted by Gasteiger charge is -2.35. The monoisotopic (exact) mass is 374 g/mol. The highest BCUT2D eigenvalue weighted by Gasteiger charge is 2.33. The number of hydrogen-bond acceptors (Lipinski definition) is 3. The van der Waals surface area contributed by atoms with E-state index in [0.29, 0.717) is 24.3 Å². The fourth-order valence-corrected chi connectivity index (χ4v) is 3.19. The lowest BCUT2D eigenvalue weighted by molar-refractivity contribution is -0.143. The zero-order valence-corrected chi connectivity index (χ0v) is 16.8. The number of carboxylic acid groups (broad SMARTS) is 1. The second-order valence-corrected chi connectivity index (χ2v) is 8.84. The van der Waals surface area contributed by atoms with E-state index in [1.165, 1.54) is 0 Å². The molecule has 1 heterocycles. The van der Waals surface area contributed by atoms with Gasteiger partial charge in [0.05, 0.1) is 11.3 Å². The minimum Gasteiger partial charge on any atom is -0.481 e. The molecule has 0 bridgehead atoms. The molecule has 0 saturated carbocycles. The van der Waals surface area contributed by atoms with E-state index in [0.717, 1.165) is 12.8 Å². The number of piperidine rings is 1. The van der Waals surface area contributed by atoms with Gasteiger partial charge in [0, 0.05) is 24.2 Å². The Morgan fingerprint density at radius 2 is 1.67 bits per heavy atom. The maximum absolute atomic E-state index is 12.6. The summed E-state index contributed by atoms with van der Waals surface area (Å²) in [6.07, 6.45) is 1.57. The van der Waals surface area contributed by atoms with Crippen molar-refractivity contribution >= 4 is 23.5 Å². The number of nitrogens with zero attached hydrogens (tertiary/aromatic N) is 1. The van der Waals surface area contributed by atoms with E-state index in [9.17, 15) is 19.5 Å². The molecule has 2 rings (SSSR count). The lowest BCUT2D eigenvalue weighted by atomic mass is 9.85. The van der Waals surface area contributed by atoms with Crippen LogP contribution >= 0.6 is 0 Å². The van der Waals surface area contributed by atoms with Gasteiger partial charge < -0.3 is 15.3 Å². The summed E-state index contributed by atoms with van der Waals surface area (Å²) in [6.45, 7) is 10.1. The van der Waals surface area contributed by atoms with Crippen molar-refractivity contribution in [3.05, 3.63) is 29.8 Å². The van der Waals surface area contributed by atoms with Crippen molar-refractivity contribution < 1.29 is 19.5 Å². The van der Waals surface area contributed by atoms with Gasteiger partial charge >= 0.3 is 5.97 Å². The van der Waals surface area contributed by atoms with Crippen molar-refractivity contribution in [3.8, 4) is 0 Å². The molecule has 1 aliphatic rings. The summed E-state index contributed by atoms with van der Waals surface area (Å²) in [5.41, 5.74) is -0.137. The van der Waals surface area contributed by atoms with Gasteiger partial charge in [-0.05, 0) is 44.4 Å². The van der Waals surface area contributed by atoms with Gasteiger partial charge in [0.1, 0.15) is 0 Å². The molecule has 2 N–H and O–H groups in total. The van der Waals surface area contributed by atoms with E-state index in [4.69, 9.17) is 0 Å². The zero-order valence-electron chi connectivity index (χ0n) is 16.8. The normalized spacial score (nSPS) is 18.1. The molecule has 0 aromatic heterocycles. The molecule has 6 heteroatoms. The SMILES string of the molecule is CC(C)(C)C(=O)N1CCCC(C(=O)Nc2ccc(C(C)(C)C(=O)O)cc2)C1. The highest BCUT2D eigenvalue weighted by atomic mass is 16.4. The number of carbonyl (C=O) groups excluding carboxylic acids is 2. The van der Waals surface area contributed by atoms with Crippen molar-refractivity contribution in [2.75, 3.05) is 18.4 Å². The molecule has 1 saturated heterocycles. The van der Waals surface area contributed by atoms with E-state index < -0.39 is 16.8 Å². The molecular formula is C21H30N2O4. The second kappa shape index (κ2) is 7.71. The number of amides is 2. The molecule has 0 radical (unpaired) electrons. The number of hydrogen-bond donors (Lipinski definition) is 2. The smallest absolute Gasteiger partial charge is 0.313 e. The van der Waals surface area contributed by atoms with E-state index >= 15 is 0 Å². The van der Waals surface area contributed by atoms with Gasteiger partial charge in [-0.1, -0.05) is 32.9 Å². The minimum absolute atomic E-state index is 0.0697. The molecule has 27 heavy (non-hydrogen) atoms. The number of aliphatic carboxylic acids is 1. The maximum atomic E-state index is 12.6. The van der Waals surface area contributed by atoms with E-state index in [2.05, 4.69) is 5.32 Å². The van der Waals surface area contributed by atoms with Crippen molar-refractivity contribution in [2.45, 2.75) is 52.9 Å². The Hall–Kier alpha value is -2.37. The molecule has 6 nitrogen and oxygen atoms in total. The van der Waals surface area contributed by atoms with Crippen molar-refractivity contribution in [1.29, 1.82) is 0 Å². The van der Waals surface area contributed by atoms with Gasteiger partial charge in [0.15, 0.2) is 0 Å². The van der Waals surface area contributed by atoms with Crippen molar-refractivity contribution in [1.82, 2.24) is 4.90 Å². The summed E-state index contributed by atoms with van der Waals surface area (Å²) >= 11 is 0. The van der Waals surface area contributed by atoms with Crippen LogP contribution < -0.4 is 5.32 Å². The van der Waals surface area contributed by atoms with Crippen LogP contribution in [-0.4, -0.2) is 40.9 Å². The van der Waals surface area contributed by atoms with Gasteiger partial charge in [-0.25, -0.2) is 0 Å². The van der Waals surface area contributed by atoms with E-state index in [-0.39, 0.29) is 17.7 Å². The predicted octanol–water partition coefficient (Wildman–Crippen LogP) is 3.27. The van der Waals surface area contributed by atoms with E-state index in [1.54, 1.807) is 43.0 Å². The zero-order chi connectivity index (χ0) is 20.4. The molecule has 1 aliphatic heterocycles. The molecule has 1 fully saturated rings. The Balaban J connectivity index is 2.02. The van der Waals surface area contributed by atoms with Crippen LogP contribution in [0, 0.1) is 11.3 Å². The molecule has 0 aliphatic carbocycles. The number of benzene rings is 1. The number of carboxylic acids is 1. The Morgan fingerprint density at radius 1 is 1.07 bits per heavy atom. The third kappa shape index (κ3) is 4.87. The standard InChI is InChI=1S/C21H30N2O4/c1-20(2,3)18(25)23-12-6-7-14(13-23)17(24)22-16-10-8-15(9-11-16)21(4,5)19(26)27/h8-11,14H,6-7,12-13H2,1-5H3,(H,22,24)(H,26,27). The summed E-state index contributed by atoms with van der Waals surface area (Å²) in [6, 6.07) is 6.89. The van der Waals surface area contributed by atoms with Crippen LogP contribution in [-0.2, 0) is 19.8 Å². The fraction of sp³-hybridized carbons (Fsp3) is 0.571. The first-order chi connectivity index (χ1) is 12.4. The average Bonchev–Trinajstić information content (AvgIpc) is 2.60. The van der Waals surface area contributed by atoms with Crippen molar-refractivity contribution in [3.63, 3.8) is 0 Å².